The lowest BCUT2D eigenvalue weighted by Gasteiger charge is -2.29. The molecule has 2 unspecified atom stereocenters. The summed E-state index contributed by atoms with van der Waals surface area (Å²) in [5, 5.41) is 4.50. The summed E-state index contributed by atoms with van der Waals surface area (Å²) in [5.41, 5.74) is 3.16. The van der Waals surface area contributed by atoms with Crippen LogP contribution >= 0.6 is 0 Å². The Labute approximate surface area is 207 Å². The zero-order chi connectivity index (χ0) is 25.4. The highest BCUT2D eigenvalue weighted by atomic mass is 32.2. The molecule has 2 aromatic heterocycles. The molecule has 0 saturated carbocycles. The van der Waals surface area contributed by atoms with E-state index in [2.05, 4.69) is 14.9 Å². The molecule has 0 aliphatic heterocycles. The molecule has 10 heteroatoms. The van der Waals surface area contributed by atoms with Crippen LogP contribution in [-0.4, -0.2) is 34.1 Å². The van der Waals surface area contributed by atoms with Crippen LogP contribution in [0.5, 0.6) is 0 Å². The Morgan fingerprint density at radius 1 is 1.09 bits per heavy atom. The predicted molar refractivity (Wildman–Crippen MR) is 134 cm³/mol. The number of halogens is 1. The average Bonchev–Trinajstić information content (AvgIpc) is 3.22. The quantitative estimate of drug-likeness (QED) is 0.353. The minimum absolute atomic E-state index is 0.164. The van der Waals surface area contributed by atoms with Crippen molar-refractivity contribution in [3.63, 3.8) is 0 Å². The summed E-state index contributed by atoms with van der Waals surface area (Å²) in [6, 6.07) is 17.0. The second kappa shape index (κ2) is 9.69. The fourth-order valence-electron chi connectivity index (χ4n) is 3.66. The topological polar surface area (TPSA) is 108 Å². The highest BCUT2D eigenvalue weighted by Crippen LogP contribution is 2.35. The molecule has 0 spiro atoms. The van der Waals surface area contributed by atoms with E-state index in [9.17, 15) is 17.4 Å². The predicted octanol–water partition coefficient (Wildman–Crippen LogP) is 4.77. The second-order valence-corrected chi connectivity index (χ2v) is 13.2. The fraction of sp³-hybridized carbons (Fsp3) is 0.280. The summed E-state index contributed by atoms with van der Waals surface area (Å²) in [7, 11) is -3.86. The monoisotopic (exact) mass is 515 g/mol. The summed E-state index contributed by atoms with van der Waals surface area (Å²) in [6.07, 6.45) is 1.08. The zero-order valence-electron chi connectivity index (χ0n) is 19.8. The van der Waals surface area contributed by atoms with Crippen LogP contribution in [0.15, 0.2) is 70.2 Å². The lowest BCUT2D eigenvalue weighted by molar-refractivity contribution is 0.459. The third-order valence-electron chi connectivity index (χ3n) is 5.41. The highest BCUT2D eigenvalue weighted by molar-refractivity contribution is 7.91. The third-order valence-corrected chi connectivity index (χ3v) is 8.01. The number of para-hydroxylation sites is 1. The number of pyridine rings is 1. The van der Waals surface area contributed by atoms with Crippen molar-refractivity contribution in [1.82, 2.24) is 14.9 Å². The van der Waals surface area contributed by atoms with Gasteiger partial charge < -0.3 is 9.08 Å². The van der Waals surface area contributed by atoms with Gasteiger partial charge in [-0.25, -0.2) is 17.8 Å². The van der Waals surface area contributed by atoms with Crippen molar-refractivity contribution in [3.8, 4) is 11.3 Å². The molecule has 0 fully saturated rings. The lowest BCUT2D eigenvalue weighted by atomic mass is 9.94. The molecule has 4 aromatic rings. The molecule has 7 nitrogen and oxygen atoms in total. The van der Waals surface area contributed by atoms with Crippen LogP contribution in [0.2, 0.25) is 0 Å². The molecule has 0 aliphatic rings. The number of fused-ring (bicyclic) bond motifs is 1. The maximum absolute atomic E-state index is 14.2. The van der Waals surface area contributed by atoms with Crippen molar-refractivity contribution in [1.29, 1.82) is 0 Å². The van der Waals surface area contributed by atoms with Gasteiger partial charge in [-0.05, 0) is 50.6 Å². The van der Waals surface area contributed by atoms with Crippen LogP contribution in [0, 0.1) is 5.82 Å². The Bertz CT molecular complexity index is 1470. The van der Waals surface area contributed by atoms with Crippen molar-refractivity contribution >= 4 is 32.2 Å². The van der Waals surface area contributed by atoms with Crippen LogP contribution < -0.4 is 4.72 Å². The summed E-state index contributed by atoms with van der Waals surface area (Å²) < 4.78 is 59.4. The Hall–Kier alpha value is -2.79. The van der Waals surface area contributed by atoms with Gasteiger partial charge in [-0.15, -0.1) is 4.72 Å². The summed E-state index contributed by atoms with van der Waals surface area (Å²) in [5.74, 6) is -0.909. The molecular weight excluding hydrogens is 489 g/mol. The van der Waals surface area contributed by atoms with Gasteiger partial charge in [0.25, 0.3) is 0 Å². The SMILES string of the molecule is CC(C)(C)[S+]([O-])NC(Cc1ccc(F)c(S(C)(=O)=O)n1)c1ccccc1-c1noc2ccccc12. The molecule has 35 heavy (non-hydrogen) atoms. The molecule has 0 aliphatic carbocycles. The van der Waals surface area contributed by atoms with E-state index in [-0.39, 0.29) is 6.42 Å². The second-order valence-electron chi connectivity index (χ2n) is 9.23. The minimum Gasteiger partial charge on any atom is -0.598 e. The van der Waals surface area contributed by atoms with E-state index in [0.29, 0.717) is 17.0 Å². The van der Waals surface area contributed by atoms with Crippen molar-refractivity contribution in [2.75, 3.05) is 6.26 Å². The first-order valence-corrected chi connectivity index (χ1v) is 14.0. The smallest absolute Gasteiger partial charge is 0.195 e. The Morgan fingerprint density at radius 2 is 1.77 bits per heavy atom. The van der Waals surface area contributed by atoms with Crippen molar-refractivity contribution in [2.24, 2.45) is 0 Å². The largest absolute Gasteiger partial charge is 0.598 e. The molecule has 0 radical (unpaired) electrons. The minimum atomic E-state index is -3.86. The molecule has 2 heterocycles. The maximum Gasteiger partial charge on any atom is 0.195 e. The Morgan fingerprint density at radius 3 is 2.49 bits per heavy atom. The van der Waals surface area contributed by atoms with Crippen LogP contribution in [0.25, 0.3) is 22.2 Å². The van der Waals surface area contributed by atoms with E-state index in [4.69, 9.17) is 4.52 Å². The van der Waals surface area contributed by atoms with Gasteiger partial charge in [0.2, 0.25) is 0 Å². The van der Waals surface area contributed by atoms with Gasteiger partial charge in [0.1, 0.15) is 10.4 Å². The normalized spacial score (nSPS) is 14.2. The van der Waals surface area contributed by atoms with Gasteiger partial charge >= 0.3 is 0 Å². The molecule has 4 rings (SSSR count). The number of nitrogens with one attached hydrogen (secondary N) is 1. The van der Waals surface area contributed by atoms with Gasteiger partial charge in [-0.3, -0.25) is 0 Å². The van der Waals surface area contributed by atoms with Crippen LogP contribution in [-0.2, 0) is 27.6 Å². The first-order chi connectivity index (χ1) is 16.4. The lowest BCUT2D eigenvalue weighted by Crippen LogP contribution is -2.42. The van der Waals surface area contributed by atoms with Crippen molar-refractivity contribution < 1.29 is 21.9 Å². The third kappa shape index (κ3) is 5.56. The number of rotatable bonds is 7. The van der Waals surface area contributed by atoms with Crippen molar-refractivity contribution in [3.05, 3.63) is 77.7 Å². The zero-order valence-corrected chi connectivity index (χ0v) is 21.4. The number of sulfone groups is 1. The molecule has 0 saturated heterocycles. The number of benzene rings is 2. The average molecular weight is 516 g/mol. The molecule has 2 aromatic carbocycles. The number of aromatic nitrogens is 2. The van der Waals surface area contributed by atoms with Gasteiger partial charge in [0, 0.05) is 40.7 Å². The molecule has 1 N–H and O–H groups in total. The summed E-state index contributed by atoms with van der Waals surface area (Å²) in [4.78, 5) is 4.08. The molecule has 184 valence electrons. The van der Waals surface area contributed by atoms with E-state index < -0.39 is 42.8 Å². The van der Waals surface area contributed by atoms with Gasteiger partial charge in [0.05, 0.1) is 6.04 Å². The molecular formula is C25H26FN3O4S2. The molecule has 0 bridgehead atoms. The first-order valence-electron chi connectivity index (χ1n) is 10.9. The number of nitrogens with zero attached hydrogens (tertiary/aromatic N) is 2. The standard InChI is InChI=1S/C25H26FN3O4S2/c1-25(2,3)34(30)29-21(15-16-13-14-20(26)24(27-16)35(4,31)32)17-9-5-6-10-18(17)23-19-11-7-8-12-22(19)33-28-23/h5-14,21,29H,15H2,1-4H3. The van der Waals surface area contributed by atoms with E-state index in [0.717, 1.165) is 28.8 Å². The van der Waals surface area contributed by atoms with E-state index in [1.54, 1.807) is 0 Å². The number of hydrogen-bond donors (Lipinski definition) is 1. The highest BCUT2D eigenvalue weighted by Gasteiger charge is 2.32. The Balaban J connectivity index is 1.82. The Kier molecular flexibility index (Phi) is 7.01. The van der Waals surface area contributed by atoms with Gasteiger partial charge in [-0.1, -0.05) is 41.6 Å². The van der Waals surface area contributed by atoms with Crippen LogP contribution in [0.4, 0.5) is 4.39 Å². The summed E-state index contributed by atoms with van der Waals surface area (Å²) >= 11 is -1.46. The molecule has 0 amide bonds. The van der Waals surface area contributed by atoms with Gasteiger partial charge in [0.15, 0.2) is 26.3 Å². The van der Waals surface area contributed by atoms with E-state index in [1.807, 2.05) is 69.3 Å². The van der Waals surface area contributed by atoms with E-state index in [1.165, 1.54) is 6.07 Å². The fourth-order valence-corrected chi connectivity index (χ4v) is 5.19. The first kappa shape index (κ1) is 25.3. The number of hydrogen-bond acceptors (Lipinski definition) is 7. The van der Waals surface area contributed by atoms with E-state index >= 15 is 0 Å². The van der Waals surface area contributed by atoms with Gasteiger partial charge in [-0.2, -0.15) is 0 Å². The van der Waals surface area contributed by atoms with Crippen LogP contribution in [0.1, 0.15) is 38.1 Å². The molecule has 2 atom stereocenters. The van der Waals surface area contributed by atoms with Crippen molar-refractivity contribution in [2.45, 2.75) is 43.0 Å². The summed E-state index contributed by atoms with van der Waals surface area (Å²) in [6.45, 7) is 5.55. The maximum atomic E-state index is 14.2. The van der Waals surface area contributed by atoms with Crippen LogP contribution in [0.3, 0.4) is 0 Å².